The average molecular weight is 538 g/mol. The molecule has 0 saturated carbocycles. The monoisotopic (exact) mass is 537 g/mol. The number of esters is 1. The molecule has 1 amide bonds. The zero-order valence-corrected chi connectivity index (χ0v) is 21.7. The van der Waals surface area contributed by atoms with E-state index in [0.29, 0.717) is 34.6 Å². The highest BCUT2D eigenvalue weighted by Gasteiger charge is 2.20. The number of carbonyl (C=O) groups is 2. The number of hydrogen-bond donors (Lipinski definition) is 2. The van der Waals surface area contributed by atoms with Gasteiger partial charge in [0.25, 0.3) is 0 Å². The smallest absolute Gasteiger partial charge is 0.339 e. The third kappa shape index (κ3) is 7.97. The van der Waals surface area contributed by atoms with Crippen LogP contribution in [0.1, 0.15) is 46.5 Å². The normalized spacial score (nSPS) is 12.8. The largest absolute Gasteiger partial charge is 0.460 e. The summed E-state index contributed by atoms with van der Waals surface area (Å²) in [6.45, 7) is 5.41. The fourth-order valence-electron chi connectivity index (χ4n) is 3.14. The van der Waals surface area contributed by atoms with Gasteiger partial charge in [0.1, 0.15) is 22.1 Å². The summed E-state index contributed by atoms with van der Waals surface area (Å²) < 4.78 is 48.9. The van der Waals surface area contributed by atoms with Crippen molar-refractivity contribution in [2.45, 2.75) is 63.0 Å². The number of unbranched alkanes of at least 4 members (excludes halogenated alkanes) is 1. The van der Waals surface area contributed by atoms with Gasteiger partial charge in [-0.3, -0.25) is 9.59 Å². The Morgan fingerprint density at radius 3 is 2.50 bits per heavy atom. The zero-order valence-electron chi connectivity index (χ0n) is 20.1. The van der Waals surface area contributed by atoms with Gasteiger partial charge in [-0.05, 0) is 70.0 Å². The maximum absolute atomic E-state index is 13.1. The van der Waals surface area contributed by atoms with Gasteiger partial charge < -0.3 is 20.0 Å². The number of ether oxygens (including phenoxy) is 1. The number of fused-ring (bicyclic) bond motifs is 1. The quantitative estimate of drug-likeness (QED) is 0.221. The van der Waals surface area contributed by atoms with Crippen molar-refractivity contribution in [3.8, 4) is 5.75 Å². The Hall–Kier alpha value is -3.09. The molecule has 3 aromatic rings. The van der Waals surface area contributed by atoms with E-state index in [9.17, 15) is 22.4 Å². The molecule has 0 bridgehead atoms. The van der Waals surface area contributed by atoms with Crippen LogP contribution in [0.4, 0.5) is 9.52 Å². The summed E-state index contributed by atoms with van der Waals surface area (Å²) in [5.74, 6) is -1.21. The molecule has 194 valence electrons. The first kappa shape index (κ1) is 27.5. The molecule has 0 saturated heterocycles. The highest BCUT2D eigenvalue weighted by Crippen LogP contribution is 2.30. The lowest BCUT2D eigenvalue weighted by atomic mass is 10.1. The van der Waals surface area contributed by atoms with Gasteiger partial charge in [-0.2, -0.15) is 8.42 Å². The SMILES string of the molecule is CC(C)(C)OC(=O)CCCCC(N)C(=O)Nc1nc2ccc(OS(=O)(=O)c3ccc(F)cc3)cc2s1. The Balaban J connectivity index is 1.55. The van der Waals surface area contributed by atoms with Crippen LogP contribution in [0, 0.1) is 5.82 Å². The van der Waals surface area contributed by atoms with Gasteiger partial charge in [0.05, 0.1) is 16.3 Å². The second-order valence-electron chi connectivity index (χ2n) is 9.07. The molecular weight excluding hydrogens is 509 g/mol. The van der Waals surface area contributed by atoms with Gasteiger partial charge in [0, 0.05) is 12.5 Å². The van der Waals surface area contributed by atoms with Gasteiger partial charge in [0.2, 0.25) is 5.91 Å². The van der Waals surface area contributed by atoms with Gasteiger partial charge in [-0.15, -0.1) is 0 Å². The second kappa shape index (κ2) is 11.3. The van der Waals surface area contributed by atoms with E-state index in [2.05, 4.69) is 10.3 Å². The number of carbonyl (C=O) groups excluding carboxylic acids is 2. The first-order valence-electron chi connectivity index (χ1n) is 11.2. The topological polar surface area (TPSA) is 138 Å². The lowest BCUT2D eigenvalue weighted by Gasteiger charge is -2.19. The molecule has 0 aliphatic carbocycles. The highest BCUT2D eigenvalue weighted by molar-refractivity contribution is 7.87. The molecule has 2 aromatic carbocycles. The number of thiazole rings is 1. The van der Waals surface area contributed by atoms with Crippen LogP contribution in [0.2, 0.25) is 0 Å². The summed E-state index contributed by atoms with van der Waals surface area (Å²) in [6.07, 6.45) is 1.78. The van der Waals surface area contributed by atoms with Crippen LogP contribution in [0.3, 0.4) is 0 Å². The van der Waals surface area contributed by atoms with Crippen LogP contribution in [0.25, 0.3) is 10.2 Å². The van der Waals surface area contributed by atoms with E-state index < -0.39 is 33.5 Å². The predicted octanol–water partition coefficient (Wildman–Crippen LogP) is 4.37. The number of hydrogen-bond acceptors (Lipinski definition) is 9. The van der Waals surface area contributed by atoms with E-state index in [0.717, 1.165) is 35.6 Å². The van der Waals surface area contributed by atoms with Crippen molar-refractivity contribution >= 4 is 48.7 Å². The first-order chi connectivity index (χ1) is 16.8. The van der Waals surface area contributed by atoms with E-state index >= 15 is 0 Å². The maximum atomic E-state index is 13.1. The van der Waals surface area contributed by atoms with Crippen LogP contribution in [0.5, 0.6) is 5.75 Å². The minimum atomic E-state index is -4.15. The number of nitrogens with zero attached hydrogens (tertiary/aromatic N) is 1. The van der Waals surface area contributed by atoms with Crippen LogP contribution in [0.15, 0.2) is 47.4 Å². The standard InChI is InChI=1S/C24H28FN3O6S2/c1-24(2,3)33-21(29)7-5-4-6-18(26)22(30)28-23-27-19-13-10-16(14-20(19)35-23)34-36(31,32)17-11-8-15(25)9-12-17/h8-14,18H,4-7,26H2,1-3H3,(H,27,28,30). The third-order valence-electron chi connectivity index (χ3n) is 4.80. The number of rotatable bonds is 10. The lowest BCUT2D eigenvalue weighted by Crippen LogP contribution is -2.35. The zero-order chi connectivity index (χ0) is 26.5. The molecule has 3 rings (SSSR count). The molecule has 0 aliphatic heterocycles. The third-order valence-corrected chi connectivity index (χ3v) is 7.00. The molecule has 1 aromatic heterocycles. The summed E-state index contributed by atoms with van der Waals surface area (Å²) >= 11 is 1.13. The summed E-state index contributed by atoms with van der Waals surface area (Å²) in [4.78, 5) is 28.3. The van der Waals surface area contributed by atoms with Crippen molar-refractivity contribution < 1.29 is 31.3 Å². The van der Waals surface area contributed by atoms with E-state index in [1.807, 2.05) is 0 Å². The predicted molar refractivity (Wildman–Crippen MR) is 135 cm³/mol. The van der Waals surface area contributed by atoms with Crippen molar-refractivity contribution in [1.29, 1.82) is 0 Å². The Bertz CT molecular complexity index is 1330. The molecule has 1 unspecified atom stereocenters. The molecule has 0 fully saturated rings. The molecule has 36 heavy (non-hydrogen) atoms. The molecule has 1 atom stereocenters. The Labute approximate surface area is 212 Å². The van der Waals surface area contributed by atoms with E-state index in [1.54, 1.807) is 26.8 Å². The Morgan fingerprint density at radius 1 is 1.14 bits per heavy atom. The van der Waals surface area contributed by atoms with Crippen LogP contribution in [-0.4, -0.2) is 36.9 Å². The number of nitrogens with one attached hydrogen (secondary N) is 1. The highest BCUT2D eigenvalue weighted by atomic mass is 32.2. The number of benzene rings is 2. The fourth-order valence-corrected chi connectivity index (χ4v) is 4.96. The first-order valence-corrected chi connectivity index (χ1v) is 13.4. The van der Waals surface area contributed by atoms with Gasteiger partial charge in [-0.1, -0.05) is 17.8 Å². The second-order valence-corrected chi connectivity index (χ2v) is 11.6. The summed E-state index contributed by atoms with van der Waals surface area (Å²) in [5.41, 5.74) is 5.98. The molecule has 12 heteroatoms. The van der Waals surface area contributed by atoms with Gasteiger partial charge >= 0.3 is 16.1 Å². The van der Waals surface area contributed by atoms with Crippen molar-refractivity contribution in [2.75, 3.05) is 5.32 Å². The van der Waals surface area contributed by atoms with Crippen molar-refractivity contribution in [3.05, 3.63) is 48.3 Å². The number of anilines is 1. The fraction of sp³-hybridized carbons (Fsp3) is 0.375. The molecule has 0 radical (unpaired) electrons. The van der Waals surface area contributed by atoms with Gasteiger partial charge in [-0.25, -0.2) is 9.37 Å². The van der Waals surface area contributed by atoms with Crippen molar-refractivity contribution in [1.82, 2.24) is 4.98 Å². The molecule has 9 nitrogen and oxygen atoms in total. The summed E-state index contributed by atoms with van der Waals surface area (Å²) in [5, 5.41) is 2.97. The van der Waals surface area contributed by atoms with Crippen LogP contribution >= 0.6 is 11.3 Å². The number of aromatic nitrogens is 1. The number of amides is 1. The molecule has 3 N–H and O–H groups in total. The van der Waals surface area contributed by atoms with Crippen LogP contribution in [-0.2, 0) is 24.4 Å². The Morgan fingerprint density at radius 2 is 1.83 bits per heavy atom. The van der Waals surface area contributed by atoms with Crippen molar-refractivity contribution in [3.63, 3.8) is 0 Å². The maximum Gasteiger partial charge on any atom is 0.339 e. The summed E-state index contributed by atoms with van der Waals surface area (Å²) in [7, 11) is -4.15. The Kier molecular flexibility index (Phi) is 8.64. The van der Waals surface area contributed by atoms with Crippen molar-refractivity contribution in [2.24, 2.45) is 5.73 Å². The van der Waals surface area contributed by atoms with E-state index in [-0.39, 0.29) is 23.0 Å². The molecular formula is C24H28FN3O6S2. The lowest BCUT2D eigenvalue weighted by molar-refractivity contribution is -0.154. The van der Waals surface area contributed by atoms with Gasteiger partial charge in [0.15, 0.2) is 5.13 Å². The average Bonchev–Trinajstić information content (AvgIpc) is 3.16. The van der Waals surface area contributed by atoms with E-state index in [4.69, 9.17) is 14.7 Å². The molecule has 0 spiro atoms. The van der Waals surface area contributed by atoms with Crippen LogP contribution < -0.4 is 15.2 Å². The minimum Gasteiger partial charge on any atom is -0.460 e. The summed E-state index contributed by atoms with van der Waals surface area (Å²) in [6, 6.07) is 8.00. The van der Waals surface area contributed by atoms with E-state index in [1.165, 1.54) is 12.1 Å². The molecule has 0 aliphatic rings. The minimum absolute atomic E-state index is 0.0510. The number of nitrogens with two attached hydrogens (primary N) is 1. The molecule has 1 heterocycles. The number of halogens is 1.